The first-order chi connectivity index (χ1) is 11.8. The number of anilines is 1. The van der Waals surface area contributed by atoms with E-state index in [1.165, 1.54) is 6.26 Å². The zero-order valence-electron chi connectivity index (χ0n) is 13.1. The third-order valence-electron chi connectivity index (χ3n) is 4.13. The molecule has 24 heavy (non-hydrogen) atoms. The van der Waals surface area contributed by atoms with E-state index in [1.807, 2.05) is 0 Å². The van der Waals surface area contributed by atoms with Gasteiger partial charge in [0.25, 0.3) is 5.91 Å². The minimum absolute atomic E-state index is 0.217. The summed E-state index contributed by atoms with van der Waals surface area (Å²) in [5.41, 5.74) is 0.895. The van der Waals surface area contributed by atoms with Gasteiger partial charge in [-0.05, 0) is 25.0 Å². The van der Waals surface area contributed by atoms with Crippen molar-refractivity contribution in [3.05, 3.63) is 36.0 Å². The van der Waals surface area contributed by atoms with E-state index in [0.717, 1.165) is 12.8 Å². The number of carbonyl (C=O) groups excluding carboxylic acids is 1. The van der Waals surface area contributed by atoms with Crippen LogP contribution in [-0.4, -0.2) is 37.3 Å². The van der Waals surface area contributed by atoms with Crippen molar-refractivity contribution in [2.45, 2.75) is 18.8 Å². The highest BCUT2D eigenvalue weighted by Gasteiger charge is 2.23. The SMILES string of the molecule is O=C(Nc1ccc2c(c1)OCCO2)c1coc(C2CCOCC2)n1. The molecule has 1 aromatic carbocycles. The molecular formula is C17H18N2O5. The zero-order valence-corrected chi connectivity index (χ0v) is 13.1. The molecule has 3 heterocycles. The van der Waals surface area contributed by atoms with Gasteiger partial charge in [-0.1, -0.05) is 0 Å². The van der Waals surface area contributed by atoms with Crippen molar-refractivity contribution in [1.29, 1.82) is 0 Å². The van der Waals surface area contributed by atoms with Crippen LogP contribution < -0.4 is 14.8 Å². The lowest BCUT2D eigenvalue weighted by molar-refractivity contribution is 0.0794. The van der Waals surface area contributed by atoms with Gasteiger partial charge in [0.2, 0.25) is 0 Å². The fraction of sp³-hybridized carbons (Fsp3) is 0.412. The fourth-order valence-electron chi connectivity index (χ4n) is 2.84. The molecule has 1 N–H and O–H groups in total. The molecule has 0 spiro atoms. The maximum absolute atomic E-state index is 12.3. The Morgan fingerprint density at radius 1 is 1.08 bits per heavy atom. The maximum atomic E-state index is 12.3. The quantitative estimate of drug-likeness (QED) is 0.931. The Labute approximate surface area is 138 Å². The minimum atomic E-state index is -0.311. The molecule has 0 atom stereocenters. The molecule has 4 rings (SSSR count). The standard InChI is InChI=1S/C17H18N2O5/c20-16(13-10-24-17(19-13)11-3-5-21-6-4-11)18-12-1-2-14-15(9-12)23-8-7-22-14/h1-2,9-11H,3-8H2,(H,18,20). The van der Waals surface area contributed by atoms with Crippen molar-refractivity contribution in [2.24, 2.45) is 0 Å². The van der Waals surface area contributed by atoms with Crippen LogP contribution in [0.1, 0.15) is 35.1 Å². The molecule has 0 saturated carbocycles. The lowest BCUT2D eigenvalue weighted by Crippen LogP contribution is -2.17. The molecule has 7 heteroatoms. The van der Waals surface area contributed by atoms with Crippen LogP contribution in [0.25, 0.3) is 0 Å². The highest BCUT2D eigenvalue weighted by molar-refractivity contribution is 6.02. The number of nitrogens with one attached hydrogen (secondary N) is 1. The molecule has 1 aromatic heterocycles. The van der Waals surface area contributed by atoms with Gasteiger partial charge in [0.15, 0.2) is 23.1 Å². The summed E-state index contributed by atoms with van der Waals surface area (Å²) in [7, 11) is 0. The molecule has 2 aromatic rings. The Morgan fingerprint density at radius 2 is 1.88 bits per heavy atom. The Balaban J connectivity index is 1.45. The predicted molar refractivity (Wildman–Crippen MR) is 84.7 cm³/mol. The number of hydrogen-bond donors (Lipinski definition) is 1. The first-order valence-electron chi connectivity index (χ1n) is 8.04. The number of amides is 1. The Kier molecular flexibility index (Phi) is 4.08. The van der Waals surface area contributed by atoms with Crippen LogP contribution in [0.2, 0.25) is 0 Å². The number of benzene rings is 1. The Bertz CT molecular complexity index is 736. The van der Waals surface area contributed by atoms with E-state index in [1.54, 1.807) is 18.2 Å². The van der Waals surface area contributed by atoms with Crippen molar-refractivity contribution < 1.29 is 23.4 Å². The average molecular weight is 330 g/mol. The second-order valence-electron chi connectivity index (χ2n) is 5.77. The summed E-state index contributed by atoms with van der Waals surface area (Å²) in [5, 5.41) is 2.80. The predicted octanol–water partition coefficient (Wildman–Crippen LogP) is 2.59. The molecule has 7 nitrogen and oxygen atoms in total. The summed E-state index contributed by atoms with van der Waals surface area (Å²) < 4.78 is 21.8. The van der Waals surface area contributed by atoms with Crippen molar-refractivity contribution in [2.75, 3.05) is 31.7 Å². The van der Waals surface area contributed by atoms with Crippen LogP contribution in [0.15, 0.2) is 28.9 Å². The fourth-order valence-corrected chi connectivity index (χ4v) is 2.84. The molecule has 0 aliphatic carbocycles. The molecule has 1 amide bonds. The van der Waals surface area contributed by atoms with E-state index in [4.69, 9.17) is 18.6 Å². The van der Waals surface area contributed by atoms with Gasteiger partial charge < -0.3 is 23.9 Å². The third-order valence-corrected chi connectivity index (χ3v) is 4.13. The van der Waals surface area contributed by atoms with Gasteiger partial charge in [-0.2, -0.15) is 0 Å². The number of fused-ring (bicyclic) bond motifs is 1. The topological polar surface area (TPSA) is 82.8 Å². The molecule has 126 valence electrons. The first-order valence-corrected chi connectivity index (χ1v) is 8.04. The number of nitrogens with zero attached hydrogens (tertiary/aromatic N) is 1. The molecule has 1 fully saturated rings. The zero-order chi connectivity index (χ0) is 16.4. The minimum Gasteiger partial charge on any atom is -0.486 e. The lowest BCUT2D eigenvalue weighted by atomic mass is 10.0. The van der Waals surface area contributed by atoms with Crippen LogP contribution in [-0.2, 0) is 4.74 Å². The van der Waals surface area contributed by atoms with Gasteiger partial charge in [-0.3, -0.25) is 4.79 Å². The van der Waals surface area contributed by atoms with Crippen LogP contribution in [0.4, 0.5) is 5.69 Å². The summed E-state index contributed by atoms with van der Waals surface area (Å²) in [5.74, 6) is 1.82. The molecule has 2 aliphatic heterocycles. The highest BCUT2D eigenvalue weighted by atomic mass is 16.6. The summed E-state index contributed by atoms with van der Waals surface area (Å²) >= 11 is 0. The van der Waals surface area contributed by atoms with E-state index in [9.17, 15) is 4.79 Å². The van der Waals surface area contributed by atoms with Gasteiger partial charge in [0.05, 0.1) is 0 Å². The van der Waals surface area contributed by atoms with Crippen molar-refractivity contribution in [3.8, 4) is 11.5 Å². The first kappa shape index (κ1) is 15.0. The monoisotopic (exact) mass is 330 g/mol. The highest BCUT2D eigenvalue weighted by Crippen LogP contribution is 2.33. The summed E-state index contributed by atoms with van der Waals surface area (Å²) in [6.07, 6.45) is 3.13. The van der Waals surface area contributed by atoms with Gasteiger partial charge in [0.1, 0.15) is 19.5 Å². The lowest BCUT2D eigenvalue weighted by Gasteiger charge is -2.19. The van der Waals surface area contributed by atoms with E-state index in [0.29, 0.717) is 49.5 Å². The van der Waals surface area contributed by atoms with E-state index < -0.39 is 0 Å². The number of oxazole rings is 1. The second kappa shape index (κ2) is 6.52. The number of carbonyl (C=O) groups is 1. The molecule has 2 aliphatic rings. The number of aromatic nitrogens is 1. The van der Waals surface area contributed by atoms with Crippen LogP contribution >= 0.6 is 0 Å². The van der Waals surface area contributed by atoms with Gasteiger partial charge in [0, 0.05) is 30.9 Å². The summed E-state index contributed by atoms with van der Waals surface area (Å²) in [6.45, 7) is 2.44. The second-order valence-corrected chi connectivity index (χ2v) is 5.77. The van der Waals surface area contributed by atoms with Crippen molar-refractivity contribution in [3.63, 3.8) is 0 Å². The van der Waals surface area contributed by atoms with Crippen LogP contribution in [0, 0.1) is 0 Å². The van der Waals surface area contributed by atoms with Gasteiger partial charge in [-0.25, -0.2) is 4.98 Å². The number of rotatable bonds is 3. The van der Waals surface area contributed by atoms with Crippen molar-refractivity contribution in [1.82, 2.24) is 4.98 Å². The van der Waals surface area contributed by atoms with Crippen LogP contribution in [0.5, 0.6) is 11.5 Å². The normalized spacial score (nSPS) is 17.5. The Hall–Kier alpha value is -2.54. The maximum Gasteiger partial charge on any atom is 0.277 e. The molecule has 0 unspecified atom stereocenters. The molecule has 1 saturated heterocycles. The van der Waals surface area contributed by atoms with E-state index in [2.05, 4.69) is 10.3 Å². The smallest absolute Gasteiger partial charge is 0.277 e. The van der Waals surface area contributed by atoms with E-state index >= 15 is 0 Å². The summed E-state index contributed by atoms with van der Waals surface area (Å²) in [6, 6.07) is 5.29. The van der Waals surface area contributed by atoms with Gasteiger partial charge in [-0.15, -0.1) is 0 Å². The number of hydrogen-bond acceptors (Lipinski definition) is 6. The summed E-state index contributed by atoms with van der Waals surface area (Å²) in [4.78, 5) is 16.7. The average Bonchev–Trinajstić information content (AvgIpc) is 3.13. The Morgan fingerprint density at radius 3 is 2.71 bits per heavy atom. The van der Waals surface area contributed by atoms with E-state index in [-0.39, 0.29) is 17.5 Å². The molecular weight excluding hydrogens is 312 g/mol. The third kappa shape index (κ3) is 3.07. The van der Waals surface area contributed by atoms with Crippen LogP contribution in [0.3, 0.4) is 0 Å². The largest absolute Gasteiger partial charge is 0.486 e. The van der Waals surface area contributed by atoms with Gasteiger partial charge >= 0.3 is 0 Å². The molecule has 0 radical (unpaired) electrons. The molecule has 0 bridgehead atoms. The number of ether oxygens (including phenoxy) is 3. The van der Waals surface area contributed by atoms with Crippen molar-refractivity contribution >= 4 is 11.6 Å².